The summed E-state index contributed by atoms with van der Waals surface area (Å²) in [7, 11) is 0. The van der Waals surface area contributed by atoms with Crippen molar-refractivity contribution in [3.05, 3.63) is 22.4 Å². The molecular weight excluding hydrogens is 230 g/mol. The van der Waals surface area contributed by atoms with Gasteiger partial charge in [0.25, 0.3) is 0 Å². The van der Waals surface area contributed by atoms with Crippen LogP contribution in [0, 0.1) is 0 Å². The van der Waals surface area contributed by atoms with Gasteiger partial charge < -0.3 is 5.73 Å². The van der Waals surface area contributed by atoms with Gasteiger partial charge in [-0.1, -0.05) is 0 Å². The van der Waals surface area contributed by atoms with E-state index < -0.39 is 0 Å². The van der Waals surface area contributed by atoms with Gasteiger partial charge in [-0.15, -0.1) is 0 Å². The lowest BCUT2D eigenvalue weighted by molar-refractivity contribution is 0.0804. The number of hydrogen-bond acceptors (Lipinski definition) is 4. The molecule has 1 unspecified atom stereocenters. The van der Waals surface area contributed by atoms with E-state index in [1.807, 2.05) is 0 Å². The summed E-state index contributed by atoms with van der Waals surface area (Å²) in [5.74, 6) is 0. The minimum Gasteiger partial charge on any atom is -0.329 e. The van der Waals surface area contributed by atoms with E-state index in [9.17, 15) is 0 Å². The highest BCUT2D eigenvalue weighted by atomic mass is 32.1. The molecule has 0 amide bonds. The van der Waals surface area contributed by atoms with Crippen LogP contribution in [0.25, 0.3) is 0 Å². The van der Waals surface area contributed by atoms with E-state index in [0.717, 1.165) is 32.7 Å². The van der Waals surface area contributed by atoms with Gasteiger partial charge in [0.2, 0.25) is 0 Å². The van der Waals surface area contributed by atoms with Crippen LogP contribution in [0.4, 0.5) is 0 Å². The third-order valence-corrected chi connectivity index (χ3v) is 4.37. The van der Waals surface area contributed by atoms with Crippen molar-refractivity contribution in [3.8, 4) is 0 Å². The molecule has 1 fully saturated rings. The molecule has 3 nitrogen and oxygen atoms in total. The van der Waals surface area contributed by atoms with E-state index in [0.29, 0.717) is 12.1 Å². The maximum absolute atomic E-state index is 5.94. The summed E-state index contributed by atoms with van der Waals surface area (Å²) < 4.78 is 0. The van der Waals surface area contributed by atoms with Crippen molar-refractivity contribution >= 4 is 11.3 Å². The molecule has 0 bridgehead atoms. The van der Waals surface area contributed by atoms with Crippen LogP contribution in [0.5, 0.6) is 0 Å². The highest BCUT2D eigenvalue weighted by Gasteiger charge is 2.25. The Hall–Kier alpha value is -0.420. The van der Waals surface area contributed by atoms with Crippen molar-refractivity contribution in [3.63, 3.8) is 0 Å². The molecule has 1 aliphatic heterocycles. The van der Waals surface area contributed by atoms with Crippen molar-refractivity contribution in [2.75, 3.05) is 32.7 Å². The Kier molecular flexibility index (Phi) is 4.56. The quantitative estimate of drug-likeness (QED) is 0.888. The SMILES string of the molecule is CC(C)N1CCN(C(CN)c2ccsc2)CC1. The number of nitrogens with two attached hydrogens (primary N) is 1. The smallest absolute Gasteiger partial charge is 0.0479 e. The zero-order chi connectivity index (χ0) is 12.3. The van der Waals surface area contributed by atoms with Gasteiger partial charge in [0.1, 0.15) is 0 Å². The van der Waals surface area contributed by atoms with Crippen molar-refractivity contribution < 1.29 is 0 Å². The first-order chi connectivity index (χ1) is 8.22. The number of piperazine rings is 1. The predicted molar refractivity (Wildman–Crippen MR) is 74.4 cm³/mol. The van der Waals surface area contributed by atoms with Crippen LogP contribution in [0.1, 0.15) is 25.5 Å². The Bertz CT molecular complexity index is 315. The van der Waals surface area contributed by atoms with E-state index in [1.54, 1.807) is 11.3 Å². The molecule has 1 aliphatic rings. The fourth-order valence-corrected chi connectivity index (χ4v) is 3.23. The molecule has 2 heterocycles. The minimum atomic E-state index is 0.413. The first-order valence-corrected chi connectivity index (χ1v) is 7.37. The lowest BCUT2D eigenvalue weighted by atomic mass is 10.1. The third-order valence-electron chi connectivity index (χ3n) is 3.67. The molecule has 2 rings (SSSR count). The molecule has 2 N–H and O–H groups in total. The van der Waals surface area contributed by atoms with Crippen LogP contribution in [0.2, 0.25) is 0 Å². The van der Waals surface area contributed by atoms with E-state index >= 15 is 0 Å². The summed E-state index contributed by atoms with van der Waals surface area (Å²) in [5, 5.41) is 4.37. The van der Waals surface area contributed by atoms with Gasteiger partial charge in [-0.25, -0.2) is 0 Å². The maximum atomic E-state index is 5.94. The van der Waals surface area contributed by atoms with Gasteiger partial charge in [-0.2, -0.15) is 11.3 Å². The summed E-state index contributed by atoms with van der Waals surface area (Å²) in [6.45, 7) is 9.87. The van der Waals surface area contributed by atoms with Gasteiger partial charge in [-0.05, 0) is 36.2 Å². The van der Waals surface area contributed by atoms with Crippen LogP contribution in [-0.2, 0) is 0 Å². The van der Waals surface area contributed by atoms with Gasteiger partial charge in [0.15, 0.2) is 0 Å². The number of thiophene rings is 1. The molecular formula is C13H23N3S. The summed E-state index contributed by atoms with van der Waals surface area (Å²) in [6.07, 6.45) is 0. The van der Waals surface area contributed by atoms with Crippen molar-refractivity contribution in [1.29, 1.82) is 0 Å². The van der Waals surface area contributed by atoms with E-state index in [1.165, 1.54) is 5.56 Å². The topological polar surface area (TPSA) is 32.5 Å². The van der Waals surface area contributed by atoms with Crippen LogP contribution >= 0.6 is 11.3 Å². The highest BCUT2D eigenvalue weighted by Crippen LogP contribution is 2.23. The lowest BCUT2D eigenvalue weighted by Gasteiger charge is -2.40. The molecule has 1 aromatic heterocycles. The predicted octanol–water partition coefficient (Wildman–Crippen LogP) is 1.77. The van der Waals surface area contributed by atoms with Gasteiger partial charge in [0, 0.05) is 44.8 Å². The monoisotopic (exact) mass is 253 g/mol. The molecule has 0 aromatic carbocycles. The normalized spacial score (nSPS) is 20.9. The maximum Gasteiger partial charge on any atom is 0.0479 e. The van der Waals surface area contributed by atoms with Gasteiger partial charge in [0.05, 0.1) is 0 Å². The van der Waals surface area contributed by atoms with Gasteiger partial charge >= 0.3 is 0 Å². The number of nitrogens with zero attached hydrogens (tertiary/aromatic N) is 2. The highest BCUT2D eigenvalue weighted by molar-refractivity contribution is 7.07. The molecule has 0 aliphatic carbocycles. The van der Waals surface area contributed by atoms with Crippen LogP contribution in [0.3, 0.4) is 0 Å². The van der Waals surface area contributed by atoms with Crippen LogP contribution in [-0.4, -0.2) is 48.6 Å². The third kappa shape index (κ3) is 3.07. The molecule has 96 valence electrons. The minimum absolute atomic E-state index is 0.413. The van der Waals surface area contributed by atoms with Crippen molar-refractivity contribution in [2.24, 2.45) is 5.73 Å². The fraction of sp³-hybridized carbons (Fsp3) is 0.692. The molecule has 0 radical (unpaired) electrons. The van der Waals surface area contributed by atoms with Crippen LogP contribution in [0.15, 0.2) is 16.8 Å². The first-order valence-electron chi connectivity index (χ1n) is 6.42. The van der Waals surface area contributed by atoms with E-state index in [2.05, 4.69) is 40.5 Å². The van der Waals surface area contributed by atoms with E-state index in [-0.39, 0.29) is 0 Å². The first kappa shape index (κ1) is 13.0. The molecule has 1 saturated heterocycles. The zero-order valence-corrected chi connectivity index (χ0v) is 11.6. The number of rotatable bonds is 4. The average molecular weight is 253 g/mol. The molecule has 1 aromatic rings. The summed E-state index contributed by atoms with van der Waals surface area (Å²) >= 11 is 1.76. The Morgan fingerprint density at radius 2 is 1.88 bits per heavy atom. The Morgan fingerprint density at radius 1 is 1.24 bits per heavy atom. The van der Waals surface area contributed by atoms with E-state index in [4.69, 9.17) is 5.73 Å². The van der Waals surface area contributed by atoms with Crippen LogP contribution < -0.4 is 5.73 Å². The largest absolute Gasteiger partial charge is 0.329 e. The van der Waals surface area contributed by atoms with Crippen molar-refractivity contribution in [2.45, 2.75) is 25.9 Å². The Morgan fingerprint density at radius 3 is 2.35 bits per heavy atom. The second-order valence-corrected chi connectivity index (χ2v) is 5.75. The molecule has 4 heteroatoms. The van der Waals surface area contributed by atoms with Gasteiger partial charge in [-0.3, -0.25) is 9.80 Å². The summed E-state index contributed by atoms with van der Waals surface area (Å²) in [5.41, 5.74) is 7.32. The Balaban J connectivity index is 1.95. The Labute approximate surface area is 108 Å². The molecule has 1 atom stereocenters. The molecule has 0 spiro atoms. The standard InChI is InChI=1S/C13H23N3S/c1-11(2)15-4-6-16(7-5-15)13(9-14)12-3-8-17-10-12/h3,8,10-11,13H,4-7,9,14H2,1-2H3. The second kappa shape index (κ2) is 5.96. The summed E-state index contributed by atoms with van der Waals surface area (Å²) in [4.78, 5) is 5.07. The summed E-state index contributed by atoms with van der Waals surface area (Å²) in [6, 6.07) is 3.28. The molecule has 17 heavy (non-hydrogen) atoms. The lowest BCUT2D eigenvalue weighted by Crippen LogP contribution is -2.50. The number of hydrogen-bond donors (Lipinski definition) is 1. The zero-order valence-electron chi connectivity index (χ0n) is 10.8. The molecule has 0 saturated carbocycles. The fourth-order valence-electron chi connectivity index (χ4n) is 2.53. The second-order valence-electron chi connectivity index (χ2n) is 4.97. The van der Waals surface area contributed by atoms with Crippen molar-refractivity contribution in [1.82, 2.24) is 9.80 Å². The average Bonchev–Trinajstić information content (AvgIpc) is 2.84.